The number of para-hydroxylation sites is 2. The SMILES string of the molecule is CN(C)c1ccccc1NC1CCc2cc(N)ccc21. The number of nitrogens with one attached hydrogen (secondary N) is 1. The van der Waals surface area contributed by atoms with E-state index in [1.54, 1.807) is 0 Å². The highest BCUT2D eigenvalue weighted by molar-refractivity contribution is 5.70. The highest BCUT2D eigenvalue weighted by Gasteiger charge is 2.23. The van der Waals surface area contributed by atoms with Gasteiger partial charge in [-0.25, -0.2) is 0 Å². The van der Waals surface area contributed by atoms with Crippen LogP contribution in [0.15, 0.2) is 42.5 Å². The number of benzene rings is 2. The molecular formula is C17H21N3. The molecule has 0 aliphatic heterocycles. The Kier molecular flexibility index (Phi) is 3.26. The van der Waals surface area contributed by atoms with Crippen LogP contribution >= 0.6 is 0 Å². The summed E-state index contributed by atoms with van der Waals surface area (Å²) in [6.45, 7) is 0. The van der Waals surface area contributed by atoms with E-state index in [1.807, 2.05) is 6.07 Å². The zero-order valence-corrected chi connectivity index (χ0v) is 12.1. The maximum absolute atomic E-state index is 5.87. The van der Waals surface area contributed by atoms with Crippen LogP contribution in [0, 0.1) is 0 Å². The summed E-state index contributed by atoms with van der Waals surface area (Å²) in [5, 5.41) is 3.68. The summed E-state index contributed by atoms with van der Waals surface area (Å²) in [5.74, 6) is 0. The number of anilines is 3. The van der Waals surface area contributed by atoms with Crippen LogP contribution in [0.4, 0.5) is 17.1 Å². The highest BCUT2D eigenvalue weighted by Crippen LogP contribution is 2.36. The summed E-state index contributed by atoms with van der Waals surface area (Å²) >= 11 is 0. The van der Waals surface area contributed by atoms with Crippen molar-refractivity contribution in [3.05, 3.63) is 53.6 Å². The summed E-state index contributed by atoms with van der Waals surface area (Å²) in [6, 6.07) is 15.1. The average Bonchev–Trinajstić information content (AvgIpc) is 2.81. The van der Waals surface area contributed by atoms with Crippen LogP contribution in [0.25, 0.3) is 0 Å². The third kappa shape index (κ3) is 2.31. The van der Waals surface area contributed by atoms with E-state index in [0.717, 1.165) is 18.5 Å². The number of hydrogen-bond donors (Lipinski definition) is 2. The zero-order valence-electron chi connectivity index (χ0n) is 12.1. The predicted molar refractivity (Wildman–Crippen MR) is 86.3 cm³/mol. The number of fused-ring (bicyclic) bond motifs is 1. The normalized spacial score (nSPS) is 16.8. The van der Waals surface area contributed by atoms with E-state index in [4.69, 9.17) is 5.73 Å². The number of nitrogens with zero attached hydrogens (tertiary/aromatic N) is 1. The molecule has 0 bridgehead atoms. The summed E-state index contributed by atoms with van der Waals surface area (Å²) in [7, 11) is 4.15. The van der Waals surface area contributed by atoms with Crippen LogP contribution in [-0.2, 0) is 6.42 Å². The number of nitrogen functional groups attached to an aromatic ring is 1. The molecule has 1 aliphatic carbocycles. The average molecular weight is 267 g/mol. The molecule has 0 saturated carbocycles. The summed E-state index contributed by atoms with van der Waals surface area (Å²) < 4.78 is 0. The van der Waals surface area contributed by atoms with Crippen molar-refractivity contribution in [3.63, 3.8) is 0 Å². The number of rotatable bonds is 3. The third-order valence-electron chi connectivity index (χ3n) is 3.96. The Balaban J connectivity index is 1.88. The van der Waals surface area contributed by atoms with Gasteiger partial charge in [-0.1, -0.05) is 18.2 Å². The molecule has 0 amide bonds. The molecule has 0 saturated heterocycles. The van der Waals surface area contributed by atoms with Gasteiger partial charge in [0, 0.05) is 19.8 Å². The molecule has 0 fully saturated rings. The van der Waals surface area contributed by atoms with Crippen LogP contribution in [0.3, 0.4) is 0 Å². The fraction of sp³-hybridized carbons (Fsp3) is 0.294. The van der Waals surface area contributed by atoms with E-state index < -0.39 is 0 Å². The van der Waals surface area contributed by atoms with Crippen LogP contribution in [0.1, 0.15) is 23.6 Å². The molecule has 1 aliphatic rings. The molecule has 0 radical (unpaired) electrons. The summed E-state index contributed by atoms with van der Waals surface area (Å²) in [6.07, 6.45) is 2.22. The summed E-state index contributed by atoms with van der Waals surface area (Å²) in [5.41, 5.74) is 11.9. The van der Waals surface area contributed by atoms with Gasteiger partial charge in [-0.05, 0) is 48.2 Å². The molecule has 3 heteroatoms. The second kappa shape index (κ2) is 5.08. The second-order valence-corrected chi connectivity index (χ2v) is 5.61. The van der Waals surface area contributed by atoms with Gasteiger partial charge in [0.25, 0.3) is 0 Å². The van der Waals surface area contributed by atoms with Gasteiger partial charge in [0.15, 0.2) is 0 Å². The minimum atomic E-state index is 0.381. The molecule has 0 heterocycles. The topological polar surface area (TPSA) is 41.3 Å². The van der Waals surface area contributed by atoms with Crippen molar-refractivity contribution in [1.29, 1.82) is 0 Å². The van der Waals surface area contributed by atoms with Crippen molar-refractivity contribution in [1.82, 2.24) is 0 Å². The molecule has 3 N–H and O–H groups in total. The van der Waals surface area contributed by atoms with Gasteiger partial charge < -0.3 is 16.0 Å². The molecular weight excluding hydrogens is 246 g/mol. The van der Waals surface area contributed by atoms with Gasteiger partial charge in [-0.3, -0.25) is 0 Å². The molecule has 3 rings (SSSR count). The standard InChI is InChI=1S/C17H21N3/c1-20(2)17-6-4-3-5-16(17)19-15-10-7-12-11-13(18)8-9-14(12)15/h3-6,8-9,11,15,19H,7,10,18H2,1-2H3. The van der Waals surface area contributed by atoms with E-state index in [-0.39, 0.29) is 0 Å². The molecule has 3 nitrogen and oxygen atoms in total. The lowest BCUT2D eigenvalue weighted by molar-refractivity contribution is 0.761. The van der Waals surface area contributed by atoms with E-state index in [0.29, 0.717) is 6.04 Å². The van der Waals surface area contributed by atoms with E-state index in [1.165, 1.54) is 22.5 Å². The Morgan fingerprint density at radius 3 is 2.75 bits per heavy atom. The van der Waals surface area contributed by atoms with E-state index in [2.05, 4.69) is 60.7 Å². The molecule has 20 heavy (non-hydrogen) atoms. The van der Waals surface area contributed by atoms with Gasteiger partial charge >= 0.3 is 0 Å². The van der Waals surface area contributed by atoms with Crippen molar-refractivity contribution in [3.8, 4) is 0 Å². The van der Waals surface area contributed by atoms with Gasteiger partial charge in [-0.15, -0.1) is 0 Å². The molecule has 1 atom stereocenters. The van der Waals surface area contributed by atoms with Gasteiger partial charge in [0.2, 0.25) is 0 Å². The first-order chi connectivity index (χ1) is 9.65. The van der Waals surface area contributed by atoms with Crippen LogP contribution in [0.2, 0.25) is 0 Å². The van der Waals surface area contributed by atoms with Gasteiger partial charge in [0.1, 0.15) is 0 Å². The van der Waals surface area contributed by atoms with E-state index in [9.17, 15) is 0 Å². The van der Waals surface area contributed by atoms with Crippen LogP contribution in [-0.4, -0.2) is 14.1 Å². The van der Waals surface area contributed by atoms with Crippen molar-refractivity contribution >= 4 is 17.1 Å². The van der Waals surface area contributed by atoms with Crippen molar-refractivity contribution < 1.29 is 0 Å². The predicted octanol–water partition coefficient (Wildman–Crippen LogP) is 3.43. The molecule has 2 aromatic rings. The molecule has 1 unspecified atom stereocenters. The quantitative estimate of drug-likeness (QED) is 0.837. The molecule has 2 aromatic carbocycles. The van der Waals surface area contributed by atoms with E-state index >= 15 is 0 Å². The number of nitrogens with two attached hydrogens (primary N) is 1. The van der Waals surface area contributed by atoms with Crippen molar-refractivity contribution in [2.24, 2.45) is 0 Å². The minimum Gasteiger partial charge on any atom is -0.399 e. The Labute approximate surface area is 120 Å². The Morgan fingerprint density at radius 2 is 1.95 bits per heavy atom. The summed E-state index contributed by atoms with van der Waals surface area (Å²) in [4.78, 5) is 2.14. The first-order valence-corrected chi connectivity index (χ1v) is 7.06. The lowest BCUT2D eigenvalue weighted by Gasteiger charge is -2.22. The van der Waals surface area contributed by atoms with Crippen molar-refractivity contribution in [2.75, 3.05) is 30.0 Å². The zero-order chi connectivity index (χ0) is 14.1. The maximum Gasteiger partial charge on any atom is 0.0596 e. The third-order valence-corrected chi connectivity index (χ3v) is 3.96. The fourth-order valence-corrected chi connectivity index (χ4v) is 2.96. The Morgan fingerprint density at radius 1 is 1.15 bits per heavy atom. The van der Waals surface area contributed by atoms with Crippen LogP contribution in [0.5, 0.6) is 0 Å². The Bertz CT molecular complexity index is 619. The second-order valence-electron chi connectivity index (χ2n) is 5.61. The number of aryl methyl sites for hydroxylation is 1. The molecule has 104 valence electrons. The smallest absolute Gasteiger partial charge is 0.0596 e. The minimum absolute atomic E-state index is 0.381. The monoisotopic (exact) mass is 267 g/mol. The maximum atomic E-state index is 5.87. The molecule has 0 aromatic heterocycles. The first kappa shape index (κ1) is 12.9. The van der Waals surface area contributed by atoms with Gasteiger partial charge in [0.05, 0.1) is 17.4 Å². The number of hydrogen-bond acceptors (Lipinski definition) is 3. The fourth-order valence-electron chi connectivity index (χ4n) is 2.96. The van der Waals surface area contributed by atoms with Crippen LogP contribution < -0.4 is 16.0 Å². The Hall–Kier alpha value is -2.16. The van der Waals surface area contributed by atoms with Gasteiger partial charge in [-0.2, -0.15) is 0 Å². The molecule has 0 spiro atoms. The van der Waals surface area contributed by atoms with Crippen molar-refractivity contribution in [2.45, 2.75) is 18.9 Å². The lowest BCUT2D eigenvalue weighted by atomic mass is 10.1. The first-order valence-electron chi connectivity index (χ1n) is 7.06. The largest absolute Gasteiger partial charge is 0.399 e. The lowest BCUT2D eigenvalue weighted by Crippen LogP contribution is -2.14. The highest BCUT2D eigenvalue weighted by atomic mass is 15.1.